The zero-order valence-corrected chi connectivity index (χ0v) is 12.6. The predicted molar refractivity (Wildman–Crippen MR) is 79.6 cm³/mol. The largest absolute Gasteiger partial charge is 0.416 e. The second-order valence-corrected chi connectivity index (χ2v) is 6.12. The van der Waals surface area contributed by atoms with Gasteiger partial charge in [-0.2, -0.15) is 13.2 Å². The summed E-state index contributed by atoms with van der Waals surface area (Å²) in [6.45, 7) is 0. The fourth-order valence-electron chi connectivity index (χ4n) is 1.68. The van der Waals surface area contributed by atoms with E-state index in [4.69, 9.17) is 5.73 Å². The smallest absolute Gasteiger partial charge is 0.399 e. The highest BCUT2D eigenvalue weighted by Crippen LogP contribution is 2.36. The molecule has 0 aromatic heterocycles. The zero-order valence-electron chi connectivity index (χ0n) is 10.2. The van der Waals surface area contributed by atoms with Gasteiger partial charge in [0.15, 0.2) is 0 Å². The number of anilines is 1. The van der Waals surface area contributed by atoms with Gasteiger partial charge in [-0.3, -0.25) is 0 Å². The molecule has 0 spiro atoms. The third-order valence-corrected chi connectivity index (χ3v) is 4.24. The number of benzene rings is 2. The lowest BCUT2D eigenvalue weighted by atomic mass is 10.1. The van der Waals surface area contributed by atoms with Gasteiger partial charge in [-0.15, -0.1) is 11.8 Å². The van der Waals surface area contributed by atoms with E-state index < -0.39 is 11.7 Å². The highest BCUT2D eigenvalue weighted by molar-refractivity contribution is 9.10. The van der Waals surface area contributed by atoms with Gasteiger partial charge in [-0.25, -0.2) is 0 Å². The van der Waals surface area contributed by atoms with Gasteiger partial charge in [-0.05, 0) is 42.0 Å². The van der Waals surface area contributed by atoms with Crippen LogP contribution in [0.2, 0.25) is 0 Å². The number of halogens is 4. The van der Waals surface area contributed by atoms with E-state index in [-0.39, 0.29) is 17.0 Å². The molecule has 106 valence electrons. The SMILES string of the molecule is Nc1ccc(CSc2ccc(Br)cc2)c(C(F)(F)F)c1. The molecule has 6 heteroatoms. The van der Waals surface area contributed by atoms with Gasteiger partial charge in [-0.1, -0.05) is 22.0 Å². The molecular weight excluding hydrogens is 351 g/mol. The highest BCUT2D eigenvalue weighted by Gasteiger charge is 2.33. The fourth-order valence-corrected chi connectivity index (χ4v) is 2.84. The normalized spacial score (nSPS) is 11.6. The molecule has 20 heavy (non-hydrogen) atoms. The van der Waals surface area contributed by atoms with Crippen LogP contribution in [0.15, 0.2) is 51.8 Å². The first-order valence-electron chi connectivity index (χ1n) is 5.70. The van der Waals surface area contributed by atoms with E-state index in [1.807, 2.05) is 24.3 Å². The molecule has 0 aliphatic heterocycles. The second-order valence-electron chi connectivity index (χ2n) is 4.16. The number of hydrogen-bond acceptors (Lipinski definition) is 2. The Balaban J connectivity index is 2.19. The summed E-state index contributed by atoms with van der Waals surface area (Å²) in [7, 11) is 0. The van der Waals surface area contributed by atoms with E-state index in [1.165, 1.54) is 23.9 Å². The molecular formula is C14H11BrF3NS. The average Bonchev–Trinajstić information content (AvgIpc) is 2.38. The Kier molecular flexibility index (Phi) is 4.65. The molecule has 0 atom stereocenters. The summed E-state index contributed by atoms with van der Waals surface area (Å²) in [6.07, 6.45) is -4.38. The highest BCUT2D eigenvalue weighted by atomic mass is 79.9. The van der Waals surface area contributed by atoms with Crippen molar-refractivity contribution in [2.45, 2.75) is 16.8 Å². The molecule has 0 bridgehead atoms. The van der Waals surface area contributed by atoms with Crippen LogP contribution in [0.1, 0.15) is 11.1 Å². The third-order valence-electron chi connectivity index (χ3n) is 2.65. The number of thioether (sulfide) groups is 1. The maximum atomic E-state index is 12.9. The molecule has 0 fully saturated rings. The van der Waals surface area contributed by atoms with Crippen LogP contribution >= 0.6 is 27.7 Å². The van der Waals surface area contributed by atoms with Gasteiger partial charge < -0.3 is 5.73 Å². The van der Waals surface area contributed by atoms with Crippen molar-refractivity contribution in [3.8, 4) is 0 Å². The maximum absolute atomic E-state index is 12.9. The lowest BCUT2D eigenvalue weighted by molar-refractivity contribution is -0.138. The summed E-state index contributed by atoms with van der Waals surface area (Å²) in [5, 5.41) is 0. The van der Waals surface area contributed by atoms with Crippen LogP contribution in [0, 0.1) is 0 Å². The molecule has 2 N–H and O–H groups in total. The minimum absolute atomic E-state index is 0.120. The number of rotatable bonds is 3. The lowest BCUT2D eigenvalue weighted by Gasteiger charge is -2.13. The van der Waals surface area contributed by atoms with Crippen molar-refractivity contribution < 1.29 is 13.2 Å². The summed E-state index contributed by atoms with van der Waals surface area (Å²) in [6, 6.07) is 11.3. The first-order chi connectivity index (χ1) is 9.36. The van der Waals surface area contributed by atoms with E-state index in [0.29, 0.717) is 0 Å². The number of nitrogens with two attached hydrogens (primary N) is 1. The fraction of sp³-hybridized carbons (Fsp3) is 0.143. The molecule has 2 aromatic rings. The van der Waals surface area contributed by atoms with Crippen LogP contribution in [0.25, 0.3) is 0 Å². The molecule has 0 aliphatic rings. The minimum atomic E-state index is -4.38. The first-order valence-corrected chi connectivity index (χ1v) is 7.48. The maximum Gasteiger partial charge on any atom is 0.416 e. The monoisotopic (exact) mass is 361 g/mol. The van der Waals surface area contributed by atoms with E-state index in [0.717, 1.165) is 15.4 Å². The van der Waals surface area contributed by atoms with E-state index in [2.05, 4.69) is 15.9 Å². The Hall–Kier alpha value is -1.14. The number of hydrogen-bond donors (Lipinski definition) is 1. The molecule has 0 aliphatic carbocycles. The summed E-state index contributed by atoms with van der Waals surface area (Å²) in [5.41, 5.74) is 5.13. The Bertz CT molecular complexity index is 596. The standard InChI is InChI=1S/C14H11BrF3NS/c15-10-2-5-12(6-3-10)20-8-9-1-4-11(19)7-13(9)14(16,17)18/h1-7H,8,19H2. The van der Waals surface area contributed by atoms with Gasteiger partial charge in [0.05, 0.1) is 5.56 Å². The lowest BCUT2D eigenvalue weighted by Crippen LogP contribution is -2.09. The molecule has 0 saturated heterocycles. The second kappa shape index (κ2) is 6.10. The Morgan fingerprint density at radius 3 is 2.30 bits per heavy atom. The van der Waals surface area contributed by atoms with E-state index in [1.54, 1.807) is 0 Å². The molecule has 0 unspecified atom stereocenters. The van der Waals surface area contributed by atoms with Gasteiger partial charge in [0.2, 0.25) is 0 Å². The van der Waals surface area contributed by atoms with E-state index >= 15 is 0 Å². The van der Waals surface area contributed by atoms with Crippen molar-refractivity contribution in [3.05, 3.63) is 58.1 Å². The molecule has 0 saturated carbocycles. The number of nitrogen functional groups attached to an aromatic ring is 1. The Morgan fingerprint density at radius 1 is 1.05 bits per heavy atom. The van der Waals surface area contributed by atoms with Crippen molar-refractivity contribution in [3.63, 3.8) is 0 Å². The third kappa shape index (κ3) is 3.93. The molecule has 0 radical (unpaired) electrons. The Morgan fingerprint density at radius 2 is 1.70 bits per heavy atom. The summed E-state index contributed by atoms with van der Waals surface area (Å²) < 4.78 is 39.7. The van der Waals surface area contributed by atoms with Crippen molar-refractivity contribution in [2.24, 2.45) is 0 Å². The predicted octanol–water partition coefficient (Wildman–Crippen LogP) is 5.34. The van der Waals surface area contributed by atoms with Gasteiger partial charge in [0, 0.05) is 20.8 Å². The molecule has 2 rings (SSSR count). The molecule has 0 heterocycles. The molecule has 0 amide bonds. The Labute approximate surface area is 127 Å². The van der Waals surface area contributed by atoms with Gasteiger partial charge >= 0.3 is 6.18 Å². The van der Waals surface area contributed by atoms with Crippen molar-refractivity contribution >= 4 is 33.4 Å². The molecule has 1 nitrogen and oxygen atoms in total. The van der Waals surface area contributed by atoms with Crippen molar-refractivity contribution in [1.29, 1.82) is 0 Å². The van der Waals surface area contributed by atoms with E-state index in [9.17, 15) is 13.2 Å². The van der Waals surface area contributed by atoms with Crippen molar-refractivity contribution in [1.82, 2.24) is 0 Å². The quantitative estimate of drug-likeness (QED) is 0.589. The van der Waals surface area contributed by atoms with Crippen LogP contribution in [-0.4, -0.2) is 0 Å². The zero-order chi connectivity index (χ0) is 14.8. The topological polar surface area (TPSA) is 26.0 Å². The average molecular weight is 362 g/mol. The minimum Gasteiger partial charge on any atom is -0.399 e. The van der Waals surface area contributed by atoms with Crippen LogP contribution in [0.5, 0.6) is 0 Å². The van der Waals surface area contributed by atoms with Crippen LogP contribution in [-0.2, 0) is 11.9 Å². The summed E-state index contributed by atoms with van der Waals surface area (Å²) >= 11 is 4.67. The summed E-state index contributed by atoms with van der Waals surface area (Å²) in [5.74, 6) is 0.247. The number of alkyl halides is 3. The van der Waals surface area contributed by atoms with Gasteiger partial charge in [0.25, 0.3) is 0 Å². The van der Waals surface area contributed by atoms with Crippen LogP contribution < -0.4 is 5.73 Å². The summed E-state index contributed by atoms with van der Waals surface area (Å²) in [4.78, 5) is 0.915. The van der Waals surface area contributed by atoms with Crippen LogP contribution in [0.4, 0.5) is 18.9 Å². The molecule has 2 aromatic carbocycles. The van der Waals surface area contributed by atoms with Crippen molar-refractivity contribution in [2.75, 3.05) is 5.73 Å². The van der Waals surface area contributed by atoms with Gasteiger partial charge in [0.1, 0.15) is 0 Å². The first kappa shape index (κ1) is 15.3. The van der Waals surface area contributed by atoms with Crippen LogP contribution in [0.3, 0.4) is 0 Å².